The monoisotopic (exact) mass is 315 g/mol. The number of aryl methyl sites for hydroxylation is 1. The minimum atomic E-state index is 0.407. The van der Waals surface area contributed by atoms with Crippen LogP contribution in [0.25, 0.3) is 0 Å². The lowest BCUT2D eigenvalue weighted by atomic mass is 10.1. The van der Waals surface area contributed by atoms with Gasteiger partial charge in [-0.1, -0.05) is 0 Å². The maximum absolute atomic E-state index is 5.69. The van der Waals surface area contributed by atoms with Crippen molar-refractivity contribution in [1.82, 2.24) is 14.9 Å². The SMILES string of the molecule is Cc1ccc(CN2CCCC(Nc3ccnc(N(C)C)n3)C2)o1. The summed E-state index contributed by atoms with van der Waals surface area (Å²) in [4.78, 5) is 13.2. The topological polar surface area (TPSA) is 57.4 Å². The molecule has 0 radical (unpaired) electrons. The molecule has 0 bridgehead atoms. The van der Waals surface area contributed by atoms with Gasteiger partial charge in [0.15, 0.2) is 0 Å². The predicted molar refractivity (Wildman–Crippen MR) is 91.7 cm³/mol. The number of aromatic nitrogens is 2. The summed E-state index contributed by atoms with van der Waals surface area (Å²) < 4.78 is 5.69. The first-order chi connectivity index (χ1) is 11.1. The van der Waals surface area contributed by atoms with E-state index in [1.165, 1.54) is 6.42 Å². The van der Waals surface area contributed by atoms with Crippen LogP contribution in [0, 0.1) is 6.92 Å². The van der Waals surface area contributed by atoms with Crippen LogP contribution in [0.5, 0.6) is 0 Å². The Hall–Kier alpha value is -2.08. The van der Waals surface area contributed by atoms with Crippen LogP contribution in [-0.4, -0.2) is 48.1 Å². The van der Waals surface area contributed by atoms with Crippen molar-refractivity contribution in [3.8, 4) is 0 Å². The third kappa shape index (κ3) is 4.22. The Labute approximate surface area is 137 Å². The zero-order valence-electron chi connectivity index (χ0n) is 14.1. The first-order valence-corrected chi connectivity index (χ1v) is 8.15. The average molecular weight is 315 g/mol. The zero-order chi connectivity index (χ0) is 16.2. The first kappa shape index (κ1) is 15.8. The second-order valence-corrected chi connectivity index (χ2v) is 6.37. The molecule has 1 unspecified atom stereocenters. The predicted octanol–water partition coefficient (Wildman–Crippen LogP) is 2.52. The van der Waals surface area contributed by atoms with Crippen LogP contribution in [0.4, 0.5) is 11.8 Å². The number of hydrogen-bond donors (Lipinski definition) is 1. The molecule has 0 spiro atoms. The molecule has 2 aromatic rings. The summed E-state index contributed by atoms with van der Waals surface area (Å²) in [6.45, 7) is 4.98. The molecular formula is C17H25N5O. The van der Waals surface area contributed by atoms with Crippen molar-refractivity contribution in [2.75, 3.05) is 37.4 Å². The highest BCUT2D eigenvalue weighted by atomic mass is 16.3. The van der Waals surface area contributed by atoms with E-state index in [4.69, 9.17) is 4.42 Å². The van der Waals surface area contributed by atoms with Crippen molar-refractivity contribution >= 4 is 11.8 Å². The van der Waals surface area contributed by atoms with Crippen LogP contribution in [0.1, 0.15) is 24.4 Å². The van der Waals surface area contributed by atoms with Gasteiger partial charge in [-0.3, -0.25) is 4.90 Å². The normalized spacial score (nSPS) is 18.8. The van der Waals surface area contributed by atoms with E-state index in [1.54, 1.807) is 6.20 Å². The molecule has 3 heterocycles. The Bertz CT molecular complexity index is 639. The van der Waals surface area contributed by atoms with Gasteiger partial charge in [0.05, 0.1) is 6.54 Å². The number of nitrogens with one attached hydrogen (secondary N) is 1. The fourth-order valence-electron chi connectivity index (χ4n) is 2.96. The van der Waals surface area contributed by atoms with Crippen LogP contribution in [-0.2, 0) is 6.54 Å². The van der Waals surface area contributed by atoms with Gasteiger partial charge < -0.3 is 14.6 Å². The molecule has 0 aliphatic carbocycles. The molecule has 0 aromatic carbocycles. The van der Waals surface area contributed by atoms with E-state index < -0.39 is 0 Å². The fraction of sp³-hybridized carbons (Fsp3) is 0.529. The summed E-state index contributed by atoms with van der Waals surface area (Å²) >= 11 is 0. The summed E-state index contributed by atoms with van der Waals surface area (Å²) in [5.41, 5.74) is 0. The quantitative estimate of drug-likeness (QED) is 0.915. The summed E-state index contributed by atoms with van der Waals surface area (Å²) in [6, 6.07) is 6.44. The van der Waals surface area contributed by atoms with Gasteiger partial charge in [0.1, 0.15) is 17.3 Å². The number of likely N-dealkylation sites (tertiary alicyclic amines) is 1. The van der Waals surface area contributed by atoms with Crippen molar-refractivity contribution < 1.29 is 4.42 Å². The largest absolute Gasteiger partial charge is 0.465 e. The molecule has 6 nitrogen and oxygen atoms in total. The van der Waals surface area contributed by atoms with E-state index in [-0.39, 0.29) is 0 Å². The molecule has 0 amide bonds. The Kier molecular flexibility index (Phi) is 4.81. The third-order valence-corrected chi connectivity index (χ3v) is 4.08. The molecular weight excluding hydrogens is 290 g/mol. The van der Waals surface area contributed by atoms with Gasteiger partial charge >= 0.3 is 0 Å². The van der Waals surface area contributed by atoms with Crippen molar-refractivity contribution in [3.05, 3.63) is 35.9 Å². The molecule has 1 fully saturated rings. The lowest BCUT2D eigenvalue weighted by Crippen LogP contribution is -2.41. The van der Waals surface area contributed by atoms with Crippen molar-refractivity contribution in [3.63, 3.8) is 0 Å². The molecule has 1 saturated heterocycles. The second-order valence-electron chi connectivity index (χ2n) is 6.37. The number of hydrogen-bond acceptors (Lipinski definition) is 6. The molecule has 6 heteroatoms. The minimum absolute atomic E-state index is 0.407. The van der Waals surface area contributed by atoms with Crippen molar-refractivity contribution in [2.24, 2.45) is 0 Å². The number of furan rings is 1. The van der Waals surface area contributed by atoms with Crippen LogP contribution in [0.2, 0.25) is 0 Å². The second kappa shape index (κ2) is 7.00. The van der Waals surface area contributed by atoms with E-state index >= 15 is 0 Å². The molecule has 1 atom stereocenters. The van der Waals surface area contributed by atoms with Gasteiger partial charge in [0, 0.05) is 32.9 Å². The zero-order valence-corrected chi connectivity index (χ0v) is 14.1. The lowest BCUT2D eigenvalue weighted by Gasteiger charge is -2.32. The maximum Gasteiger partial charge on any atom is 0.226 e. The number of piperidine rings is 1. The summed E-state index contributed by atoms with van der Waals surface area (Å²) in [5, 5.41) is 3.55. The summed E-state index contributed by atoms with van der Waals surface area (Å²) in [5.74, 6) is 3.64. The standard InChI is InChI=1S/C17H25N5O/c1-13-6-7-15(23-13)12-22-10-4-5-14(11-22)19-16-8-9-18-17(20-16)21(2)3/h6-9,14H,4-5,10-12H2,1-3H3,(H,18,19,20). The highest BCUT2D eigenvalue weighted by Crippen LogP contribution is 2.18. The fourth-order valence-corrected chi connectivity index (χ4v) is 2.96. The van der Waals surface area contributed by atoms with E-state index in [1.807, 2.05) is 38.1 Å². The number of rotatable bonds is 5. The summed E-state index contributed by atoms with van der Waals surface area (Å²) in [7, 11) is 3.90. The van der Waals surface area contributed by atoms with Crippen LogP contribution in [0.15, 0.2) is 28.8 Å². The lowest BCUT2D eigenvalue weighted by molar-refractivity contribution is 0.193. The minimum Gasteiger partial charge on any atom is -0.465 e. The van der Waals surface area contributed by atoms with Gasteiger partial charge in [-0.05, 0) is 44.5 Å². The number of nitrogens with zero attached hydrogens (tertiary/aromatic N) is 4. The molecule has 124 valence electrons. The Morgan fingerprint density at radius 2 is 2.22 bits per heavy atom. The van der Waals surface area contributed by atoms with Crippen molar-refractivity contribution in [2.45, 2.75) is 32.4 Å². The van der Waals surface area contributed by atoms with Gasteiger partial charge in [0.25, 0.3) is 0 Å². The molecule has 23 heavy (non-hydrogen) atoms. The highest BCUT2D eigenvalue weighted by Gasteiger charge is 2.21. The highest BCUT2D eigenvalue weighted by molar-refractivity contribution is 5.41. The summed E-state index contributed by atoms with van der Waals surface area (Å²) in [6.07, 6.45) is 4.15. The molecule has 0 saturated carbocycles. The van der Waals surface area contributed by atoms with Gasteiger partial charge in [0.2, 0.25) is 5.95 Å². The molecule has 1 aliphatic heterocycles. The van der Waals surface area contributed by atoms with Crippen LogP contribution in [0.3, 0.4) is 0 Å². The van der Waals surface area contributed by atoms with Crippen LogP contribution >= 0.6 is 0 Å². The molecule has 1 aliphatic rings. The van der Waals surface area contributed by atoms with Gasteiger partial charge in [-0.15, -0.1) is 0 Å². The maximum atomic E-state index is 5.69. The van der Waals surface area contributed by atoms with Crippen LogP contribution < -0.4 is 10.2 Å². The Morgan fingerprint density at radius 3 is 2.96 bits per heavy atom. The first-order valence-electron chi connectivity index (χ1n) is 8.15. The van der Waals surface area contributed by atoms with Gasteiger partial charge in [-0.2, -0.15) is 4.98 Å². The van der Waals surface area contributed by atoms with E-state index in [2.05, 4.69) is 26.3 Å². The van der Waals surface area contributed by atoms with Gasteiger partial charge in [-0.25, -0.2) is 4.98 Å². The van der Waals surface area contributed by atoms with E-state index in [0.717, 1.165) is 49.3 Å². The molecule has 3 rings (SSSR count). The van der Waals surface area contributed by atoms with Crippen molar-refractivity contribution in [1.29, 1.82) is 0 Å². The molecule has 1 N–H and O–H groups in total. The average Bonchev–Trinajstić information content (AvgIpc) is 2.93. The molecule has 2 aromatic heterocycles. The number of anilines is 2. The third-order valence-electron chi connectivity index (χ3n) is 4.08. The van der Waals surface area contributed by atoms with E-state index in [9.17, 15) is 0 Å². The smallest absolute Gasteiger partial charge is 0.226 e. The van der Waals surface area contributed by atoms with E-state index in [0.29, 0.717) is 6.04 Å². The Morgan fingerprint density at radius 1 is 1.35 bits per heavy atom. The Balaban J connectivity index is 1.59.